The van der Waals surface area contributed by atoms with Gasteiger partial charge in [-0.1, -0.05) is 69.2 Å². The van der Waals surface area contributed by atoms with Crippen LogP contribution in [0.15, 0.2) is 36.4 Å². The first-order valence-electron chi connectivity index (χ1n) is 8.99. The molecule has 0 heterocycles. The first kappa shape index (κ1) is 19.2. The number of benzene rings is 1. The van der Waals surface area contributed by atoms with Gasteiger partial charge in [-0.2, -0.15) is 0 Å². The molecule has 0 unspecified atom stereocenters. The third kappa shape index (κ3) is 8.59. The van der Waals surface area contributed by atoms with E-state index in [-0.39, 0.29) is 0 Å². The Morgan fingerprint density at radius 2 is 1.45 bits per heavy atom. The lowest BCUT2D eigenvalue weighted by molar-refractivity contribution is 0.566. The summed E-state index contributed by atoms with van der Waals surface area (Å²) in [7, 11) is -1.88. The summed E-state index contributed by atoms with van der Waals surface area (Å²) in [5.74, 6) is 0. The average molecular weight is 320 g/mol. The largest absolute Gasteiger partial charge is 0.324 e. The second-order valence-corrected chi connectivity index (χ2v) is 9.70. The summed E-state index contributed by atoms with van der Waals surface area (Å²) in [6.45, 7) is 4.39. The number of hydrogen-bond donors (Lipinski definition) is 0. The maximum Gasteiger partial charge on any atom is 0.0877 e. The molecule has 0 amide bonds. The van der Waals surface area contributed by atoms with Gasteiger partial charge in [0.2, 0.25) is 0 Å². The van der Waals surface area contributed by atoms with E-state index in [1.807, 2.05) is 6.07 Å². The lowest BCUT2D eigenvalue weighted by atomic mass is 10.2. The highest BCUT2D eigenvalue weighted by Gasteiger charge is 2.19. The van der Waals surface area contributed by atoms with Gasteiger partial charge in [-0.05, 0) is 37.7 Å². The monoisotopic (exact) mass is 320 g/mol. The molecule has 0 aliphatic carbocycles. The van der Waals surface area contributed by atoms with Crippen LogP contribution in [0, 0.1) is 0 Å². The van der Waals surface area contributed by atoms with Crippen molar-refractivity contribution >= 4 is 13.2 Å². The van der Waals surface area contributed by atoms with Crippen LogP contribution in [-0.2, 0) is 4.57 Å². The summed E-state index contributed by atoms with van der Waals surface area (Å²) in [6.07, 6.45) is 15.3. The lowest BCUT2D eigenvalue weighted by Crippen LogP contribution is -2.01. The third-order valence-electron chi connectivity index (χ3n) is 4.13. The van der Waals surface area contributed by atoms with Crippen molar-refractivity contribution in [3.05, 3.63) is 42.0 Å². The second-order valence-electron chi connectivity index (χ2n) is 6.24. The van der Waals surface area contributed by atoms with Crippen molar-refractivity contribution in [3.63, 3.8) is 0 Å². The molecule has 0 spiro atoms. The number of hydrogen-bond acceptors (Lipinski definition) is 1. The zero-order chi connectivity index (χ0) is 16.1. The molecule has 1 rings (SSSR count). The molecule has 1 aromatic carbocycles. The minimum atomic E-state index is -1.88. The van der Waals surface area contributed by atoms with Crippen molar-refractivity contribution in [3.8, 4) is 0 Å². The molecule has 1 nitrogen and oxygen atoms in total. The van der Waals surface area contributed by atoms with Gasteiger partial charge in [0, 0.05) is 18.5 Å². The van der Waals surface area contributed by atoms with Crippen LogP contribution < -0.4 is 0 Å². The quantitative estimate of drug-likeness (QED) is 0.304. The van der Waals surface area contributed by atoms with Gasteiger partial charge in [0.05, 0.1) is 7.14 Å². The van der Waals surface area contributed by atoms with Gasteiger partial charge in [-0.15, -0.1) is 0 Å². The van der Waals surface area contributed by atoms with Crippen LogP contribution in [0.4, 0.5) is 0 Å². The number of unbranched alkanes of at least 4 members (excludes halogenated alkanes) is 4. The molecule has 0 atom stereocenters. The van der Waals surface area contributed by atoms with E-state index >= 15 is 0 Å². The Morgan fingerprint density at radius 3 is 2.05 bits per heavy atom. The summed E-state index contributed by atoms with van der Waals surface area (Å²) < 4.78 is 13.0. The maximum absolute atomic E-state index is 13.0. The summed E-state index contributed by atoms with van der Waals surface area (Å²) in [5, 5.41) is 0. The first-order chi connectivity index (χ1) is 10.7. The minimum Gasteiger partial charge on any atom is -0.324 e. The molecule has 124 valence electrons. The van der Waals surface area contributed by atoms with E-state index in [9.17, 15) is 4.57 Å². The van der Waals surface area contributed by atoms with Gasteiger partial charge in [0.1, 0.15) is 0 Å². The summed E-state index contributed by atoms with van der Waals surface area (Å²) in [5.41, 5.74) is 1.26. The van der Waals surface area contributed by atoms with Crippen LogP contribution in [-0.4, -0.2) is 18.5 Å². The highest BCUT2D eigenvalue weighted by molar-refractivity contribution is 7.63. The topological polar surface area (TPSA) is 17.1 Å². The molecular weight excluding hydrogens is 287 g/mol. The van der Waals surface area contributed by atoms with Crippen molar-refractivity contribution in [2.24, 2.45) is 0 Å². The third-order valence-corrected chi connectivity index (χ3v) is 7.53. The molecule has 0 saturated carbocycles. The molecule has 0 saturated heterocycles. The molecule has 2 heteroatoms. The van der Waals surface area contributed by atoms with Gasteiger partial charge >= 0.3 is 0 Å². The Kier molecular flexibility index (Phi) is 10.2. The molecule has 22 heavy (non-hydrogen) atoms. The summed E-state index contributed by atoms with van der Waals surface area (Å²) >= 11 is 0. The van der Waals surface area contributed by atoms with Gasteiger partial charge in [0.25, 0.3) is 0 Å². The zero-order valence-electron chi connectivity index (χ0n) is 14.5. The maximum atomic E-state index is 13.0. The second kappa shape index (κ2) is 11.7. The highest BCUT2D eigenvalue weighted by Crippen LogP contribution is 2.48. The van der Waals surface area contributed by atoms with Crippen LogP contribution >= 0.6 is 7.14 Å². The van der Waals surface area contributed by atoms with E-state index in [1.165, 1.54) is 5.56 Å². The number of rotatable bonds is 12. The van der Waals surface area contributed by atoms with Gasteiger partial charge in [-0.25, -0.2) is 0 Å². The van der Waals surface area contributed by atoms with Crippen LogP contribution in [0.3, 0.4) is 0 Å². The van der Waals surface area contributed by atoms with Crippen molar-refractivity contribution < 1.29 is 4.57 Å². The van der Waals surface area contributed by atoms with Crippen LogP contribution in [0.2, 0.25) is 0 Å². The van der Waals surface area contributed by atoms with Gasteiger partial charge in [0.15, 0.2) is 0 Å². The van der Waals surface area contributed by atoms with E-state index in [4.69, 9.17) is 0 Å². The standard InChI is InChI=1S/C20H33OP/c1-3-5-17-22(21,18-6-4-2)19-13-8-7-10-14-20-15-11-9-12-16-20/h9-12,14-16H,3-8,13,17-19H2,1-2H3. The Balaban J connectivity index is 2.27. The van der Waals surface area contributed by atoms with E-state index in [0.717, 1.165) is 63.4 Å². The van der Waals surface area contributed by atoms with Crippen molar-refractivity contribution in [2.75, 3.05) is 18.5 Å². The SMILES string of the molecule is CCCCP(=O)(CCCC)CCCCC=Cc1ccccc1. The van der Waals surface area contributed by atoms with E-state index in [2.05, 4.69) is 50.3 Å². The normalized spacial score (nSPS) is 12.1. The van der Waals surface area contributed by atoms with Gasteiger partial charge < -0.3 is 4.57 Å². The number of allylic oxidation sites excluding steroid dienone is 1. The van der Waals surface area contributed by atoms with Crippen molar-refractivity contribution in [1.29, 1.82) is 0 Å². The molecule has 0 aromatic heterocycles. The van der Waals surface area contributed by atoms with Crippen molar-refractivity contribution in [1.82, 2.24) is 0 Å². The Bertz CT molecular complexity index is 438. The van der Waals surface area contributed by atoms with Crippen LogP contribution in [0.1, 0.15) is 64.4 Å². The van der Waals surface area contributed by atoms with E-state index in [0.29, 0.717) is 0 Å². The fourth-order valence-corrected chi connectivity index (χ4v) is 5.93. The smallest absolute Gasteiger partial charge is 0.0877 e. The average Bonchev–Trinajstić information content (AvgIpc) is 2.55. The molecule has 0 aliphatic heterocycles. The molecule has 1 aromatic rings. The summed E-state index contributed by atoms with van der Waals surface area (Å²) in [4.78, 5) is 0. The van der Waals surface area contributed by atoms with E-state index < -0.39 is 7.14 Å². The van der Waals surface area contributed by atoms with Crippen LogP contribution in [0.5, 0.6) is 0 Å². The predicted molar refractivity (Wildman–Crippen MR) is 101 cm³/mol. The molecular formula is C20H33OP. The van der Waals surface area contributed by atoms with Crippen molar-refractivity contribution in [2.45, 2.75) is 58.8 Å². The van der Waals surface area contributed by atoms with Gasteiger partial charge in [-0.3, -0.25) is 0 Å². The van der Waals surface area contributed by atoms with Crippen LogP contribution in [0.25, 0.3) is 6.08 Å². The predicted octanol–water partition coefficient (Wildman–Crippen LogP) is 6.83. The highest BCUT2D eigenvalue weighted by atomic mass is 31.2. The Hall–Kier alpha value is -0.810. The summed E-state index contributed by atoms with van der Waals surface area (Å²) in [6, 6.07) is 10.4. The molecule has 0 bridgehead atoms. The Morgan fingerprint density at radius 1 is 0.864 bits per heavy atom. The molecule has 0 fully saturated rings. The fraction of sp³-hybridized carbons (Fsp3) is 0.600. The Labute approximate surface area is 137 Å². The molecule has 0 N–H and O–H groups in total. The molecule has 0 radical (unpaired) electrons. The molecule has 0 aliphatic rings. The fourth-order valence-electron chi connectivity index (χ4n) is 2.67. The first-order valence-corrected chi connectivity index (χ1v) is 11.2. The lowest BCUT2D eigenvalue weighted by Gasteiger charge is -2.17. The minimum absolute atomic E-state index is 0.964. The van der Waals surface area contributed by atoms with E-state index in [1.54, 1.807) is 0 Å². The zero-order valence-corrected chi connectivity index (χ0v) is 15.4.